The van der Waals surface area contributed by atoms with E-state index in [-0.39, 0.29) is 11.5 Å². The minimum atomic E-state index is -2.82. The van der Waals surface area contributed by atoms with E-state index >= 15 is 0 Å². The molecule has 0 saturated carbocycles. The van der Waals surface area contributed by atoms with Crippen LogP contribution in [-0.4, -0.2) is 46.2 Å². The molecule has 1 saturated heterocycles. The number of nitrogens with one attached hydrogen (secondary N) is 1. The summed E-state index contributed by atoms with van der Waals surface area (Å²) in [5.41, 5.74) is -0.109. The van der Waals surface area contributed by atoms with E-state index in [9.17, 15) is 8.42 Å². The molecule has 1 rings (SSSR count). The van der Waals surface area contributed by atoms with Gasteiger partial charge in [0, 0.05) is 13.2 Å². The summed E-state index contributed by atoms with van der Waals surface area (Å²) < 4.78 is 28.6. The van der Waals surface area contributed by atoms with Crippen LogP contribution in [0.15, 0.2) is 0 Å². The first-order valence-corrected chi connectivity index (χ1v) is 7.68. The summed E-state index contributed by atoms with van der Waals surface area (Å²) in [4.78, 5) is 0. The summed E-state index contributed by atoms with van der Waals surface area (Å²) in [6, 6.07) is 0. The van der Waals surface area contributed by atoms with Crippen molar-refractivity contribution in [3.63, 3.8) is 0 Å². The third kappa shape index (κ3) is 4.03. The molecule has 0 aromatic rings. The monoisotopic (exact) mass is 249 g/mol. The van der Waals surface area contributed by atoms with Gasteiger partial charge in [-0.3, -0.25) is 0 Å². The molecule has 96 valence electrons. The van der Waals surface area contributed by atoms with Crippen molar-refractivity contribution in [1.29, 1.82) is 0 Å². The molecular weight excluding hydrogens is 226 g/mol. The van der Waals surface area contributed by atoms with Gasteiger partial charge >= 0.3 is 0 Å². The maximum Gasteiger partial charge on any atom is 0.150 e. The van der Waals surface area contributed by atoms with E-state index in [1.54, 1.807) is 0 Å². The zero-order valence-electron chi connectivity index (χ0n) is 10.5. The van der Waals surface area contributed by atoms with E-state index in [0.29, 0.717) is 18.1 Å². The molecule has 1 fully saturated rings. The quantitative estimate of drug-likeness (QED) is 0.757. The van der Waals surface area contributed by atoms with Crippen molar-refractivity contribution < 1.29 is 13.2 Å². The van der Waals surface area contributed by atoms with Crippen LogP contribution in [0.2, 0.25) is 0 Å². The Kier molecular flexibility index (Phi) is 4.76. The fourth-order valence-electron chi connectivity index (χ4n) is 2.29. The van der Waals surface area contributed by atoms with Crippen LogP contribution in [0.3, 0.4) is 0 Å². The van der Waals surface area contributed by atoms with Gasteiger partial charge in [0.2, 0.25) is 0 Å². The van der Waals surface area contributed by atoms with E-state index in [0.717, 1.165) is 19.4 Å². The van der Waals surface area contributed by atoms with E-state index < -0.39 is 9.84 Å². The fraction of sp³-hybridized carbons (Fsp3) is 1.00. The first kappa shape index (κ1) is 13.9. The molecule has 0 bridgehead atoms. The molecule has 1 atom stereocenters. The molecule has 0 spiro atoms. The Hall–Kier alpha value is -0.130. The Morgan fingerprint density at radius 1 is 1.44 bits per heavy atom. The molecule has 0 aromatic heterocycles. The molecule has 5 heteroatoms. The van der Waals surface area contributed by atoms with E-state index in [4.69, 9.17) is 4.74 Å². The molecule has 16 heavy (non-hydrogen) atoms. The van der Waals surface area contributed by atoms with Gasteiger partial charge in [0.15, 0.2) is 9.84 Å². The number of ether oxygens (including phenoxy) is 1. The molecule has 4 nitrogen and oxygen atoms in total. The zero-order valence-corrected chi connectivity index (χ0v) is 11.3. The number of hydrogen-bond donors (Lipinski definition) is 1. The largest absolute Gasteiger partial charge is 0.379 e. The van der Waals surface area contributed by atoms with Crippen molar-refractivity contribution in [2.75, 3.05) is 31.7 Å². The first-order valence-electron chi connectivity index (χ1n) is 5.86. The highest BCUT2D eigenvalue weighted by Gasteiger charge is 2.41. The first-order chi connectivity index (χ1) is 7.39. The normalized spacial score (nSPS) is 28.8. The van der Waals surface area contributed by atoms with Crippen LogP contribution in [0.4, 0.5) is 0 Å². The second kappa shape index (κ2) is 5.47. The summed E-state index contributed by atoms with van der Waals surface area (Å²) in [7, 11) is -0.951. The molecule has 0 aliphatic carbocycles. The van der Waals surface area contributed by atoms with Crippen molar-refractivity contribution in [3.8, 4) is 0 Å². The summed E-state index contributed by atoms with van der Waals surface area (Å²) in [6.07, 6.45) is 1.80. The van der Waals surface area contributed by atoms with Gasteiger partial charge in [-0.15, -0.1) is 0 Å². The average Bonchev–Trinajstić information content (AvgIpc) is 2.42. The Morgan fingerprint density at radius 3 is 2.56 bits per heavy atom. The van der Waals surface area contributed by atoms with Crippen molar-refractivity contribution in [3.05, 3.63) is 0 Å². The highest BCUT2D eigenvalue weighted by molar-refractivity contribution is 7.91. The molecule has 1 aliphatic rings. The molecule has 0 radical (unpaired) electrons. The third-order valence-corrected chi connectivity index (χ3v) is 4.98. The molecule has 1 heterocycles. The SMILES string of the molecule is CNCC1(CCOC(C)C)CCS(=O)(=O)C1. The molecular formula is C11H23NO3S. The van der Waals surface area contributed by atoms with Crippen molar-refractivity contribution in [2.24, 2.45) is 5.41 Å². The Balaban J connectivity index is 2.54. The maximum absolute atomic E-state index is 11.5. The number of rotatable bonds is 6. The molecule has 0 amide bonds. The van der Waals surface area contributed by atoms with E-state index in [2.05, 4.69) is 5.32 Å². The van der Waals surface area contributed by atoms with Gasteiger partial charge < -0.3 is 10.1 Å². The van der Waals surface area contributed by atoms with Gasteiger partial charge in [-0.1, -0.05) is 0 Å². The fourth-order valence-corrected chi connectivity index (χ4v) is 4.51. The highest BCUT2D eigenvalue weighted by atomic mass is 32.2. The second-order valence-corrected chi connectivity index (χ2v) is 7.23. The Bertz CT molecular complexity index is 313. The number of sulfone groups is 1. The van der Waals surface area contributed by atoms with Crippen LogP contribution >= 0.6 is 0 Å². The lowest BCUT2D eigenvalue weighted by Crippen LogP contribution is -2.35. The minimum absolute atomic E-state index is 0.109. The predicted molar refractivity (Wildman–Crippen MR) is 65.3 cm³/mol. The zero-order chi connectivity index (χ0) is 12.2. The van der Waals surface area contributed by atoms with Crippen LogP contribution in [0.5, 0.6) is 0 Å². The summed E-state index contributed by atoms with van der Waals surface area (Å²) in [6.45, 7) is 5.40. The lowest BCUT2D eigenvalue weighted by molar-refractivity contribution is 0.0556. The van der Waals surface area contributed by atoms with Gasteiger partial charge in [0.25, 0.3) is 0 Å². The topological polar surface area (TPSA) is 55.4 Å². The third-order valence-electron chi connectivity index (χ3n) is 3.10. The maximum atomic E-state index is 11.5. The van der Waals surface area contributed by atoms with Crippen LogP contribution < -0.4 is 5.32 Å². The standard InChI is InChI=1S/C11H23NO3S/c1-10(2)15-6-4-11(8-12-3)5-7-16(13,14)9-11/h10,12H,4-9H2,1-3H3. The summed E-state index contributed by atoms with van der Waals surface area (Å²) >= 11 is 0. The van der Waals surface area contributed by atoms with E-state index in [1.807, 2.05) is 20.9 Å². The lowest BCUT2D eigenvalue weighted by atomic mass is 9.84. The van der Waals surface area contributed by atoms with Crippen molar-refractivity contribution in [2.45, 2.75) is 32.8 Å². The highest BCUT2D eigenvalue weighted by Crippen LogP contribution is 2.35. The molecule has 0 aromatic carbocycles. The summed E-state index contributed by atoms with van der Waals surface area (Å²) in [5.74, 6) is 0.638. The predicted octanol–water partition coefficient (Wildman–Crippen LogP) is 0.826. The van der Waals surface area contributed by atoms with Gasteiger partial charge in [-0.2, -0.15) is 0 Å². The Labute approximate surface area is 98.7 Å². The van der Waals surface area contributed by atoms with Gasteiger partial charge in [-0.25, -0.2) is 8.42 Å². The van der Waals surface area contributed by atoms with Crippen LogP contribution in [0.25, 0.3) is 0 Å². The second-order valence-electron chi connectivity index (χ2n) is 5.04. The van der Waals surface area contributed by atoms with Crippen molar-refractivity contribution in [1.82, 2.24) is 5.32 Å². The van der Waals surface area contributed by atoms with Crippen molar-refractivity contribution >= 4 is 9.84 Å². The van der Waals surface area contributed by atoms with Crippen LogP contribution in [0, 0.1) is 5.41 Å². The van der Waals surface area contributed by atoms with Gasteiger partial charge in [0.05, 0.1) is 17.6 Å². The Morgan fingerprint density at radius 2 is 2.12 bits per heavy atom. The van der Waals surface area contributed by atoms with Gasteiger partial charge in [0.1, 0.15) is 0 Å². The van der Waals surface area contributed by atoms with Gasteiger partial charge in [-0.05, 0) is 39.2 Å². The number of hydrogen-bond acceptors (Lipinski definition) is 4. The molecule has 1 N–H and O–H groups in total. The molecule has 1 unspecified atom stereocenters. The average molecular weight is 249 g/mol. The summed E-state index contributed by atoms with van der Waals surface area (Å²) in [5, 5.41) is 3.11. The smallest absolute Gasteiger partial charge is 0.150 e. The lowest BCUT2D eigenvalue weighted by Gasteiger charge is -2.27. The molecule has 1 aliphatic heterocycles. The van der Waals surface area contributed by atoms with Crippen LogP contribution in [-0.2, 0) is 14.6 Å². The minimum Gasteiger partial charge on any atom is -0.379 e. The van der Waals surface area contributed by atoms with E-state index in [1.165, 1.54) is 0 Å². The van der Waals surface area contributed by atoms with Crippen LogP contribution in [0.1, 0.15) is 26.7 Å².